The molecule has 0 bridgehead atoms. The van der Waals surface area contributed by atoms with E-state index >= 15 is 0 Å². The largest absolute Gasteiger partial charge is 0.376 e. The first-order chi connectivity index (χ1) is 7.70. The van der Waals surface area contributed by atoms with Gasteiger partial charge in [-0.05, 0) is 39.7 Å². The van der Waals surface area contributed by atoms with Gasteiger partial charge in [0.15, 0.2) is 0 Å². The van der Waals surface area contributed by atoms with Crippen molar-refractivity contribution in [2.45, 2.75) is 58.1 Å². The molecule has 0 heterocycles. The molecule has 0 aromatic rings. The van der Waals surface area contributed by atoms with Crippen LogP contribution < -0.4 is 5.32 Å². The summed E-state index contributed by atoms with van der Waals surface area (Å²) in [5, 5.41) is 3.36. The van der Waals surface area contributed by atoms with Gasteiger partial charge in [-0.1, -0.05) is 31.4 Å². The van der Waals surface area contributed by atoms with Crippen molar-refractivity contribution in [1.82, 2.24) is 5.32 Å². The van der Waals surface area contributed by atoms with Crippen molar-refractivity contribution in [3.05, 3.63) is 12.2 Å². The van der Waals surface area contributed by atoms with E-state index in [0.717, 1.165) is 6.61 Å². The van der Waals surface area contributed by atoms with Crippen LogP contribution in [0.2, 0.25) is 0 Å². The van der Waals surface area contributed by atoms with Crippen molar-refractivity contribution in [3.63, 3.8) is 0 Å². The second-order valence-corrected chi connectivity index (χ2v) is 4.93. The van der Waals surface area contributed by atoms with Crippen LogP contribution in [0.3, 0.4) is 0 Å². The molecule has 2 unspecified atom stereocenters. The Morgan fingerprint density at radius 3 is 2.44 bits per heavy atom. The Morgan fingerprint density at radius 1 is 1.38 bits per heavy atom. The van der Waals surface area contributed by atoms with E-state index in [1.165, 1.54) is 37.7 Å². The van der Waals surface area contributed by atoms with E-state index < -0.39 is 0 Å². The fourth-order valence-corrected chi connectivity index (χ4v) is 2.85. The topological polar surface area (TPSA) is 21.3 Å². The van der Waals surface area contributed by atoms with Crippen LogP contribution in [0.15, 0.2) is 12.2 Å². The molecule has 16 heavy (non-hydrogen) atoms. The third-order valence-corrected chi connectivity index (χ3v) is 3.64. The fraction of sp³-hybridized carbons (Fsp3) is 0.857. The maximum absolute atomic E-state index is 5.97. The lowest BCUT2D eigenvalue weighted by Crippen LogP contribution is -2.45. The molecule has 0 aliphatic heterocycles. The smallest absolute Gasteiger partial charge is 0.0794 e. The lowest BCUT2D eigenvalue weighted by Gasteiger charge is -2.35. The first-order valence-corrected chi connectivity index (χ1v) is 6.65. The molecular formula is C14H27NO. The number of hydrogen-bond acceptors (Lipinski definition) is 2. The molecular weight excluding hydrogens is 198 g/mol. The van der Waals surface area contributed by atoms with Crippen LogP contribution in [0, 0.1) is 5.92 Å². The number of hydrogen-bond donors (Lipinski definition) is 1. The lowest BCUT2D eigenvalue weighted by atomic mass is 9.81. The Kier molecular flexibility index (Phi) is 6.07. The minimum atomic E-state index is 0.308. The second kappa shape index (κ2) is 7.08. The van der Waals surface area contributed by atoms with Gasteiger partial charge in [0.05, 0.1) is 12.1 Å². The molecule has 0 aromatic heterocycles. The average Bonchev–Trinajstić information content (AvgIpc) is 2.29. The summed E-state index contributed by atoms with van der Waals surface area (Å²) in [5.41, 5.74) is 1.19. The Bertz CT molecular complexity index is 209. The molecule has 94 valence electrons. The molecule has 0 saturated heterocycles. The monoisotopic (exact) mass is 225 g/mol. The summed E-state index contributed by atoms with van der Waals surface area (Å²) < 4.78 is 5.97. The van der Waals surface area contributed by atoms with Gasteiger partial charge in [0.1, 0.15) is 0 Å². The first kappa shape index (κ1) is 13.7. The molecule has 0 spiro atoms. The molecule has 0 amide bonds. The van der Waals surface area contributed by atoms with Gasteiger partial charge in [-0.3, -0.25) is 0 Å². The summed E-state index contributed by atoms with van der Waals surface area (Å²) in [4.78, 5) is 0. The normalized spacial score (nSPS) is 21.7. The molecule has 1 N–H and O–H groups in total. The molecule has 0 aromatic carbocycles. The molecule has 1 rings (SSSR count). The highest BCUT2D eigenvalue weighted by Crippen LogP contribution is 2.30. The zero-order valence-corrected chi connectivity index (χ0v) is 11.1. The van der Waals surface area contributed by atoms with Crippen molar-refractivity contribution in [3.8, 4) is 0 Å². The Hall–Kier alpha value is -0.340. The molecule has 2 heteroatoms. The van der Waals surface area contributed by atoms with Crippen LogP contribution in [0.25, 0.3) is 0 Å². The standard InChI is InChI=1S/C14H27NO/c1-5-16-14(13(15-4)11(2)3)12-9-7-6-8-10-12/h12-15H,2,5-10H2,1,3-4H3. The zero-order valence-electron chi connectivity index (χ0n) is 11.1. The highest BCUT2D eigenvalue weighted by atomic mass is 16.5. The van der Waals surface area contributed by atoms with E-state index in [-0.39, 0.29) is 0 Å². The van der Waals surface area contributed by atoms with Crippen molar-refractivity contribution >= 4 is 0 Å². The summed E-state index contributed by atoms with van der Waals surface area (Å²) in [7, 11) is 2.01. The van der Waals surface area contributed by atoms with Crippen molar-refractivity contribution in [2.75, 3.05) is 13.7 Å². The molecule has 1 aliphatic rings. The van der Waals surface area contributed by atoms with Gasteiger partial charge in [-0.2, -0.15) is 0 Å². The third-order valence-electron chi connectivity index (χ3n) is 3.64. The number of ether oxygens (including phenoxy) is 1. The fourth-order valence-electron chi connectivity index (χ4n) is 2.85. The Morgan fingerprint density at radius 2 is 2.00 bits per heavy atom. The number of likely N-dealkylation sites (N-methyl/N-ethyl adjacent to an activating group) is 1. The Balaban J connectivity index is 2.66. The molecule has 1 fully saturated rings. The van der Waals surface area contributed by atoms with Crippen LogP contribution in [0.5, 0.6) is 0 Å². The van der Waals surface area contributed by atoms with Gasteiger partial charge in [-0.15, -0.1) is 0 Å². The predicted molar refractivity (Wildman–Crippen MR) is 69.7 cm³/mol. The van der Waals surface area contributed by atoms with E-state index in [1.807, 2.05) is 7.05 Å². The van der Waals surface area contributed by atoms with Gasteiger partial charge in [0.2, 0.25) is 0 Å². The summed E-state index contributed by atoms with van der Waals surface area (Å²) >= 11 is 0. The van der Waals surface area contributed by atoms with E-state index in [1.54, 1.807) is 0 Å². The number of rotatable bonds is 6. The highest BCUT2D eigenvalue weighted by molar-refractivity contribution is 5.06. The van der Waals surface area contributed by atoms with Crippen molar-refractivity contribution < 1.29 is 4.74 Å². The van der Waals surface area contributed by atoms with E-state index in [0.29, 0.717) is 18.1 Å². The van der Waals surface area contributed by atoms with Gasteiger partial charge in [-0.25, -0.2) is 0 Å². The number of nitrogens with one attached hydrogen (secondary N) is 1. The zero-order chi connectivity index (χ0) is 12.0. The summed E-state index contributed by atoms with van der Waals surface area (Å²) in [6.45, 7) is 9.06. The first-order valence-electron chi connectivity index (χ1n) is 6.65. The van der Waals surface area contributed by atoms with Gasteiger partial charge in [0.25, 0.3) is 0 Å². The van der Waals surface area contributed by atoms with E-state index in [9.17, 15) is 0 Å². The average molecular weight is 225 g/mol. The van der Waals surface area contributed by atoms with Crippen LogP contribution in [0.4, 0.5) is 0 Å². The Labute approximate surface area is 100 Å². The summed E-state index contributed by atoms with van der Waals surface area (Å²) in [6, 6.07) is 0.308. The summed E-state index contributed by atoms with van der Waals surface area (Å²) in [5.74, 6) is 0.711. The van der Waals surface area contributed by atoms with Crippen LogP contribution >= 0.6 is 0 Å². The highest BCUT2D eigenvalue weighted by Gasteiger charge is 2.30. The molecule has 1 aliphatic carbocycles. The molecule has 2 atom stereocenters. The summed E-state index contributed by atoms with van der Waals surface area (Å²) in [6.07, 6.45) is 7.06. The van der Waals surface area contributed by atoms with Gasteiger partial charge < -0.3 is 10.1 Å². The van der Waals surface area contributed by atoms with Crippen LogP contribution in [-0.4, -0.2) is 25.8 Å². The minimum Gasteiger partial charge on any atom is -0.376 e. The maximum Gasteiger partial charge on any atom is 0.0794 e. The second-order valence-electron chi connectivity index (χ2n) is 4.93. The van der Waals surface area contributed by atoms with Crippen LogP contribution in [0.1, 0.15) is 46.0 Å². The van der Waals surface area contributed by atoms with E-state index in [4.69, 9.17) is 4.74 Å². The molecule has 1 saturated carbocycles. The molecule has 2 nitrogen and oxygen atoms in total. The third kappa shape index (κ3) is 3.60. The van der Waals surface area contributed by atoms with Gasteiger partial charge >= 0.3 is 0 Å². The minimum absolute atomic E-state index is 0.308. The van der Waals surface area contributed by atoms with Crippen LogP contribution in [-0.2, 0) is 4.74 Å². The lowest BCUT2D eigenvalue weighted by molar-refractivity contribution is -0.00817. The predicted octanol–water partition coefficient (Wildman–Crippen LogP) is 3.14. The quantitative estimate of drug-likeness (QED) is 0.701. The molecule has 0 radical (unpaired) electrons. The van der Waals surface area contributed by atoms with Gasteiger partial charge in [0, 0.05) is 6.61 Å². The van der Waals surface area contributed by atoms with Crippen molar-refractivity contribution in [2.24, 2.45) is 5.92 Å². The van der Waals surface area contributed by atoms with Crippen molar-refractivity contribution in [1.29, 1.82) is 0 Å². The SMILES string of the molecule is C=C(C)C(NC)C(OCC)C1CCCCC1. The maximum atomic E-state index is 5.97. The van der Waals surface area contributed by atoms with E-state index in [2.05, 4.69) is 25.7 Å².